The molecule has 2 heterocycles. The molecule has 2 amide bonds. The van der Waals surface area contributed by atoms with E-state index in [4.69, 9.17) is 11.6 Å². The summed E-state index contributed by atoms with van der Waals surface area (Å²) in [5, 5.41) is 0. The van der Waals surface area contributed by atoms with E-state index in [1.54, 1.807) is 30.3 Å². The Hall–Kier alpha value is -3.26. The van der Waals surface area contributed by atoms with Gasteiger partial charge in [-0.3, -0.25) is 20.0 Å². The zero-order valence-corrected chi connectivity index (χ0v) is 11.3. The number of primary amides is 1. The van der Waals surface area contributed by atoms with E-state index >= 15 is 0 Å². The fourth-order valence-electron chi connectivity index (χ4n) is 2.10. The van der Waals surface area contributed by atoms with Gasteiger partial charge in [-0.25, -0.2) is 10.8 Å². The molecule has 0 saturated carbocycles. The van der Waals surface area contributed by atoms with Crippen LogP contribution in [0.5, 0.6) is 0 Å². The third kappa shape index (κ3) is 2.27. The number of hydrogen-bond acceptors (Lipinski definition) is 5. The number of para-hydroxylation sites is 1. The van der Waals surface area contributed by atoms with Crippen molar-refractivity contribution in [3.8, 4) is 11.5 Å². The van der Waals surface area contributed by atoms with Gasteiger partial charge < -0.3 is 10.7 Å². The van der Waals surface area contributed by atoms with Crippen LogP contribution in [0.4, 0.5) is 0 Å². The van der Waals surface area contributed by atoms with Gasteiger partial charge in [0.05, 0.1) is 16.6 Å². The van der Waals surface area contributed by atoms with E-state index in [9.17, 15) is 9.59 Å². The Morgan fingerprint density at radius 3 is 2.64 bits per heavy atom. The molecule has 8 heteroatoms. The van der Waals surface area contributed by atoms with Gasteiger partial charge in [0.15, 0.2) is 5.82 Å². The zero-order valence-electron chi connectivity index (χ0n) is 11.3. The molecule has 0 bridgehead atoms. The Bertz CT molecular complexity index is 869. The number of pyridine rings is 1. The number of fused-ring (bicyclic) bond motifs is 1. The minimum absolute atomic E-state index is 0.333. The number of H-pyrrole nitrogens is 1. The van der Waals surface area contributed by atoms with Crippen LogP contribution in [0.3, 0.4) is 0 Å². The van der Waals surface area contributed by atoms with Gasteiger partial charge in [0.25, 0.3) is 11.8 Å². The maximum atomic E-state index is 11.4. The summed E-state index contributed by atoms with van der Waals surface area (Å²) in [6.45, 7) is 0. The van der Waals surface area contributed by atoms with Gasteiger partial charge in [-0.1, -0.05) is 6.07 Å². The summed E-state index contributed by atoms with van der Waals surface area (Å²) in [4.78, 5) is 34.4. The van der Waals surface area contributed by atoms with Crippen molar-refractivity contribution in [3.63, 3.8) is 0 Å². The number of nitrogens with zero attached hydrogens (tertiary/aromatic N) is 2. The average Bonchev–Trinajstić information content (AvgIpc) is 2.98. The second-order valence-electron chi connectivity index (χ2n) is 4.56. The number of aromatic nitrogens is 3. The van der Waals surface area contributed by atoms with Gasteiger partial charge in [0, 0.05) is 6.20 Å². The number of nitrogens with one attached hydrogen (secondary N) is 2. The smallest absolute Gasteiger partial charge is 0.266 e. The molecule has 0 fully saturated rings. The first-order valence-electron chi connectivity index (χ1n) is 6.36. The van der Waals surface area contributed by atoms with Crippen LogP contribution in [0.2, 0.25) is 0 Å². The number of aromatic amines is 1. The highest BCUT2D eigenvalue weighted by molar-refractivity contribution is 6.04. The molecule has 0 unspecified atom stereocenters. The Kier molecular flexibility index (Phi) is 3.28. The number of carbonyl (C=O) groups excluding carboxylic acids is 2. The SMILES string of the molecule is NNC(=O)c1ccc(-c2nc3c(C(N)=O)cccc3[nH]2)nc1. The number of benzene rings is 1. The maximum absolute atomic E-state index is 11.4. The number of rotatable bonds is 3. The van der Waals surface area contributed by atoms with Crippen LogP contribution in [0.15, 0.2) is 36.5 Å². The van der Waals surface area contributed by atoms with E-state index in [0.717, 1.165) is 0 Å². The fraction of sp³-hybridized carbons (Fsp3) is 0. The molecule has 3 rings (SSSR count). The van der Waals surface area contributed by atoms with Crippen molar-refractivity contribution in [2.24, 2.45) is 11.6 Å². The van der Waals surface area contributed by atoms with Gasteiger partial charge in [-0.15, -0.1) is 0 Å². The molecule has 8 nitrogen and oxygen atoms in total. The van der Waals surface area contributed by atoms with Crippen molar-refractivity contribution in [2.75, 3.05) is 0 Å². The van der Waals surface area contributed by atoms with E-state index in [1.165, 1.54) is 6.20 Å². The molecular formula is C14H12N6O2. The molecule has 6 N–H and O–H groups in total. The molecule has 3 aromatic rings. The quantitative estimate of drug-likeness (QED) is 0.313. The topological polar surface area (TPSA) is 140 Å². The lowest BCUT2D eigenvalue weighted by Gasteiger charge is -2.00. The van der Waals surface area contributed by atoms with E-state index in [-0.39, 0.29) is 0 Å². The first kappa shape index (κ1) is 13.7. The standard InChI is InChI=1S/C14H12N6O2/c15-12(21)8-2-1-3-9-11(8)19-13(18-9)10-5-4-7(6-17-10)14(22)20-16/h1-6H,16H2,(H2,15,21)(H,18,19)(H,20,22). The molecular weight excluding hydrogens is 284 g/mol. The molecule has 0 radical (unpaired) electrons. The Morgan fingerprint density at radius 2 is 2.00 bits per heavy atom. The summed E-state index contributed by atoms with van der Waals surface area (Å²) in [7, 11) is 0. The van der Waals surface area contributed by atoms with Crippen molar-refractivity contribution < 1.29 is 9.59 Å². The monoisotopic (exact) mass is 296 g/mol. The van der Waals surface area contributed by atoms with Crippen LogP contribution in [0.25, 0.3) is 22.6 Å². The molecule has 0 aliphatic heterocycles. The van der Waals surface area contributed by atoms with Crippen LogP contribution in [-0.2, 0) is 0 Å². The molecule has 2 aromatic heterocycles. The Labute approximate surface area is 124 Å². The molecule has 22 heavy (non-hydrogen) atoms. The normalized spacial score (nSPS) is 10.6. The Morgan fingerprint density at radius 1 is 1.18 bits per heavy atom. The first-order valence-corrected chi connectivity index (χ1v) is 6.36. The van der Waals surface area contributed by atoms with E-state index in [0.29, 0.717) is 33.7 Å². The maximum Gasteiger partial charge on any atom is 0.266 e. The minimum Gasteiger partial charge on any atom is -0.366 e. The number of amides is 2. The highest BCUT2D eigenvalue weighted by atomic mass is 16.2. The Balaban J connectivity index is 2.05. The molecule has 1 aromatic carbocycles. The molecule has 0 aliphatic carbocycles. The van der Waals surface area contributed by atoms with Crippen molar-refractivity contribution in [1.29, 1.82) is 0 Å². The number of carbonyl (C=O) groups is 2. The first-order chi connectivity index (χ1) is 10.6. The number of imidazole rings is 1. The summed E-state index contributed by atoms with van der Waals surface area (Å²) in [6.07, 6.45) is 1.39. The van der Waals surface area contributed by atoms with Gasteiger partial charge in [0.1, 0.15) is 11.2 Å². The molecule has 0 aliphatic rings. The van der Waals surface area contributed by atoms with Gasteiger partial charge in [-0.05, 0) is 24.3 Å². The van der Waals surface area contributed by atoms with Crippen LogP contribution >= 0.6 is 0 Å². The van der Waals surface area contributed by atoms with Crippen molar-refractivity contribution >= 4 is 22.8 Å². The summed E-state index contributed by atoms with van der Waals surface area (Å²) in [5.41, 5.74) is 9.71. The lowest BCUT2D eigenvalue weighted by Crippen LogP contribution is -2.30. The number of nitrogens with two attached hydrogens (primary N) is 2. The fourth-order valence-corrected chi connectivity index (χ4v) is 2.10. The summed E-state index contributed by atoms with van der Waals surface area (Å²) >= 11 is 0. The lowest BCUT2D eigenvalue weighted by atomic mass is 10.2. The second-order valence-corrected chi connectivity index (χ2v) is 4.56. The van der Waals surface area contributed by atoms with Crippen LogP contribution in [0, 0.1) is 0 Å². The van der Waals surface area contributed by atoms with E-state index in [2.05, 4.69) is 15.0 Å². The molecule has 0 spiro atoms. The number of nitrogen functional groups attached to an aromatic ring is 1. The van der Waals surface area contributed by atoms with Gasteiger partial charge in [0.2, 0.25) is 0 Å². The highest BCUT2D eigenvalue weighted by Crippen LogP contribution is 2.21. The van der Waals surface area contributed by atoms with Gasteiger partial charge in [-0.2, -0.15) is 0 Å². The lowest BCUT2D eigenvalue weighted by molar-refractivity contribution is 0.0952. The summed E-state index contributed by atoms with van der Waals surface area (Å²) in [6, 6.07) is 8.32. The van der Waals surface area contributed by atoms with Crippen molar-refractivity contribution in [3.05, 3.63) is 47.7 Å². The average molecular weight is 296 g/mol. The second kappa shape index (κ2) is 5.26. The van der Waals surface area contributed by atoms with Crippen LogP contribution < -0.4 is 17.0 Å². The van der Waals surface area contributed by atoms with E-state index in [1.807, 2.05) is 5.43 Å². The highest BCUT2D eigenvalue weighted by Gasteiger charge is 2.13. The van der Waals surface area contributed by atoms with Crippen molar-refractivity contribution in [2.45, 2.75) is 0 Å². The summed E-state index contributed by atoms with van der Waals surface area (Å²) < 4.78 is 0. The summed E-state index contributed by atoms with van der Waals surface area (Å²) in [5.74, 6) is 4.55. The minimum atomic E-state index is -0.549. The molecule has 0 atom stereocenters. The largest absolute Gasteiger partial charge is 0.366 e. The number of hydrogen-bond donors (Lipinski definition) is 4. The third-order valence-electron chi connectivity index (χ3n) is 3.18. The van der Waals surface area contributed by atoms with E-state index < -0.39 is 11.8 Å². The third-order valence-corrected chi connectivity index (χ3v) is 3.18. The van der Waals surface area contributed by atoms with Crippen molar-refractivity contribution in [1.82, 2.24) is 20.4 Å². The molecule has 0 saturated heterocycles. The molecule has 110 valence electrons. The zero-order chi connectivity index (χ0) is 15.7. The predicted molar refractivity (Wildman–Crippen MR) is 79.5 cm³/mol. The predicted octanol–water partition coefficient (Wildman–Crippen LogP) is 0.327. The van der Waals surface area contributed by atoms with Crippen LogP contribution in [0.1, 0.15) is 20.7 Å². The van der Waals surface area contributed by atoms with Crippen LogP contribution in [-0.4, -0.2) is 26.8 Å². The van der Waals surface area contributed by atoms with Gasteiger partial charge >= 0.3 is 0 Å². The number of hydrazine groups is 1.